The van der Waals surface area contributed by atoms with Gasteiger partial charge in [0, 0.05) is 18.6 Å². The summed E-state index contributed by atoms with van der Waals surface area (Å²) in [6, 6.07) is 0.340. The van der Waals surface area contributed by atoms with Crippen LogP contribution in [0.5, 0.6) is 0 Å². The molecule has 12 heavy (non-hydrogen) atoms. The molecule has 4 N–H and O–H groups in total. The van der Waals surface area contributed by atoms with Crippen LogP contribution in [0.15, 0.2) is 0 Å². The zero-order chi connectivity index (χ0) is 8.97. The highest BCUT2D eigenvalue weighted by Crippen LogP contribution is 2.17. The van der Waals surface area contributed by atoms with Crippen LogP contribution in [-0.2, 0) is 0 Å². The predicted octanol–water partition coefficient (Wildman–Crippen LogP) is 0.185. The number of amides is 2. The van der Waals surface area contributed by atoms with Crippen LogP contribution < -0.4 is 16.4 Å². The first-order valence-corrected chi connectivity index (χ1v) is 4.48. The van der Waals surface area contributed by atoms with E-state index in [9.17, 15) is 4.79 Å². The molecule has 1 atom stereocenters. The summed E-state index contributed by atoms with van der Waals surface area (Å²) in [4.78, 5) is 11.1. The maximum Gasteiger partial charge on any atom is 0.315 e. The average Bonchev–Trinajstić information content (AvgIpc) is 1.93. The van der Waals surface area contributed by atoms with Crippen LogP contribution in [0.1, 0.15) is 26.2 Å². The number of rotatable bonds is 3. The van der Waals surface area contributed by atoms with Crippen molar-refractivity contribution in [1.29, 1.82) is 0 Å². The van der Waals surface area contributed by atoms with Crippen molar-refractivity contribution in [3.8, 4) is 0 Å². The number of hydrogen-bond acceptors (Lipinski definition) is 2. The third-order valence-corrected chi connectivity index (χ3v) is 2.02. The fourth-order valence-electron chi connectivity index (χ4n) is 1.04. The number of urea groups is 1. The summed E-state index contributed by atoms with van der Waals surface area (Å²) in [5.41, 5.74) is 5.48. The van der Waals surface area contributed by atoms with Crippen molar-refractivity contribution in [3.05, 3.63) is 0 Å². The van der Waals surface area contributed by atoms with Crippen LogP contribution in [0, 0.1) is 0 Å². The van der Waals surface area contributed by atoms with Crippen LogP contribution in [-0.4, -0.2) is 24.7 Å². The van der Waals surface area contributed by atoms with E-state index in [1.807, 2.05) is 6.92 Å². The minimum Gasteiger partial charge on any atom is -0.337 e. The van der Waals surface area contributed by atoms with Crippen LogP contribution >= 0.6 is 0 Å². The van der Waals surface area contributed by atoms with Gasteiger partial charge in [-0.3, -0.25) is 0 Å². The number of carbonyl (C=O) groups is 1. The van der Waals surface area contributed by atoms with Gasteiger partial charge in [0.05, 0.1) is 0 Å². The van der Waals surface area contributed by atoms with Crippen molar-refractivity contribution < 1.29 is 4.79 Å². The van der Waals surface area contributed by atoms with Crippen molar-refractivity contribution in [1.82, 2.24) is 10.6 Å². The SMILES string of the molecule is CC(N)CNC(=O)NC1CCC1. The minimum atomic E-state index is -0.0861. The number of carbonyl (C=O) groups excluding carboxylic acids is 1. The van der Waals surface area contributed by atoms with E-state index in [1.54, 1.807) is 0 Å². The Morgan fingerprint density at radius 2 is 2.33 bits per heavy atom. The van der Waals surface area contributed by atoms with Gasteiger partial charge in [-0.05, 0) is 26.2 Å². The second-order valence-corrected chi connectivity index (χ2v) is 3.46. The van der Waals surface area contributed by atoms with E-state index in [1.165, 1.54) is 6.42 Å². The topological polar surface area (TPSA) is 67.1 Å². The van der Waals surface area contributed by atoms with E-state index in [-0.39, 0.29) is 12.1 Å². The molecule has 0 radical (unpaired) electrons. The molecule has 1 fully saturated rings. The van der Waals surface area contributed by atoms with Gasteiger partial charge in [-0.1, -0.05) is 0 Å². The molecule has 4 heteroatoms. The Bertz CT molecular complexity index is 154. The third-order valence-electron chi connectivity index (χ3n) is 2.02. The summed E-state index contributed by atoms with van der Waals surface area (Å²) < 4.78 is 0. The second-order valence-electron chi connectivity index (χ2n) is 3.46. The molecule has 1 rings (SSSR count). The first-order chi connectivity index (χ1) is 5.68. The lowest BCUT2D eigenvalue weighted by Gasteiger charge is -2.26. The van der Waals surface area contributed by atoms with Crippen molar-refractivity contribution in [2.24, 2.45) is 5.73 Å². The quantitative estimate of drug-likeness (QED) is 0.567. The Morgan fingerprint density at radius 3 is 2.75 bits per heavy atom. The largest absolute Gasteiger partial charge is 0.337 e. The summed E-state index contributed by atoms with van der Waals surface area (Å²) in [6.07, 6.45) is 3.47. The minimum absolute atomic E-state index is 0.0251. The molecular weight excluding hydrogens is 154 g/mol. The fourth-order valence-corrected chi connectivity index (χ4v) is 1.04. The molecule has 2 amide bonds. The molecule has 1 saturated carbocycles. The number of hydrogen-bond donors (Lipinski definition) is 3. The van der Waals surface area contributed by atoms with Gasteiger partial charge in [-0.25, -0.2) is 4.79 Å². The zero-order valence-corrected chi connectivity index (χ0v) is 7.47. The molecular formula is C8H17N3O. The fraction of sp³-hybridized carbons (Fsp3) is 0.875. The Morgan fingerprint density at radius 1 is 1.67 bits per heavy atom. The van der Waals surface area contributed by atoms with E-state index in [4.69, 9.17) is 5.73 Å². The normalized spacial score (nSPS) is 19.5. The Balaban J connectivity index is 2.03. The van der Waals surface area contributed by atoms with E-state index < -0.39 is 0 Å². The van der Waals surface area contributed by atoms with Crippen molar-refractivity contribution in [3.63, 3.8) is 0 Å². The first kappa shape index (κ1) is 9.32. The van der Waals surface area contributed by atoms with Crippen LogP contribution in [0.4, 0.5) is 4.79 Å². The van der Waals surface area contributed by atoms with Gasteiger partial charge in [0.25, 0.3) is 0 Å². The van der Waals surface area contributed by atoms with Crippen molar-refractivity contribution in [2.75, 3.05) is 6.54 Å². The van der Waals surface area contributed by atoms with Crippen molar-refractivity contribution in [2.45, 2.75) is 38.3 Å². The van der Waals surface area contributed by atoms with Crippen LogP contribution in [0.25, 0.3) is 0 Å². The van der Waals surface area contributed by atoms with E-state index >= 15 is 0 Å². The van der Waals surface area contributed by atoms with Gasteiger partial charge in [0.2, 0.25) is 0 Å². The van der Waals surface area contributed by atoms with Gasteiger partial charge in [-0.2, -0.15) is 0 Å². The Kier molecular flexibility index (Phi) is 3.34. The van der Waals surface area contributed by atoms with Gasteiger partial charge in [-0.15, -0.1) is 0 Å². The molecule has 0 aromatic carbocycles. The highest BCUT2D eigenvalue weighted by molar-refractivity contribution is 5.74. The standard InChI is InChI=1S/C8H17N3O/c1-6(9)5-10-8(12)11-7-3-2-4-7/h6-7H,2-5,9H2,1H3,(H2,10,11,12). The number of nitrogens with two attached hydrogens (primary N) is 1. The smallest absolute Gasteiger partial charge is 0.315 e. The van der Waals surface area contributed by atoms with E-state index in [0.717, 1.165) is 12.8 Å². The highest BCUT2D eigenvalue weighted by atomic mass is 16.2. The van der Waals surface area contributed by atoms with Gasteiger partial charge in [0.1, 0.15) is 0 Å². The lowest BCUT2D eigenvalue weighted by atomic mass is 9.93. The Hall–Kier alpha value is -0.770. The number of nitrogens with one attached hydrogen (secondary N) is 2. The lowest BCUT2D eigenvalue weighted by molar-refractivity contribution is 0.228. The zero-order valence-electron chi connectivity index (χ0n) is 7.47. The molecule has 0 aromatic rings. The first-order valence-electron chi connectivity index (χ1n) is 4.48. The second kappa shape index (κ2) is 4.30. The molecule has 1 aliphatic rings. The summed E-state index contributed by atoms with van der Waals surface area (Å²) in [7, 11) is 0. The Labute approximate surface area is 72.9 Å². The maximum absolute atomic E-state index is 11.1. The molecule has 1 aliphatic carbocycles. The summed E-state index contributed by atoms with van der Waals surface area (Å²) in [5, 5.41) is 5.57. The molecule has 1 unspecified atom stereocenters. The molecule has 70 valence electrons. The molecule has 0 saturated heterocycles. The highest BCUT2D eigenvalue weighted by Gasteiger charge is 2.18. The van der Waals surface area contributed by atoms with Gasteiger partial charge < -0.3 is 16.4 Å². The van der Waals surface area contributed by atoms with Crippen LogP contribution in [0.2, 0.25) is 0 Å². The molecule has 0 bridgehead atoms. The average molecular weight is 171 g/mol. The molecule has 0 spiro atoms. The third kappa shape index (κ3) is 3.09. The maximum atomic E-state index is 11.1. The van der Waals surface area contributed by atoms with Crippen LogP contribution in [0.3, 0.4) is 0 Å². The van der Waals surface area contributed by atoms with Crippen molar-refractivity contribution >= 4 is 6.03 Å². The van der Waals surface area contributed by atoms with Gasteiger partial charge in [0.15, 0.2) is 0 Å². The lowest BCUT2D eigenvalue weighted by Crippen LogP contribution is -2.47. The van der Waals surface area contributed by atoms with E-state index in [0.29, 0.717) is 12.6 Å². The molecule has 0 aromatic heterocycles. The predicted molar refractivity (Wildman–Crippen MR) is 47.8 cm³/mol. The summed E-state index contributed by atoms with van der Waals surface area (Å²) in [6.45, 7) is 2.40. The molecule has 4 nitrogen and oxygen atoms in total. The summed E-state index contributed by atoms with van der Waals surface area (Å²) in [5.74, 6) is 0. The monoisotopic (exact) mass is 171 g/mol. The molecule has 0 aliphatic heterocycles. The van der Waals surface area contributed by atoms with E-state index in [2.05, 4.69) is 10.6 Å². The summed E-state index contributed by atoms with van der Waals surface area (Å²) >= 11 is 0. The van der Waals surface area contributed by atoms with Gasteiger partial charge >= 0.3 is 6.03 Å². The molecule has 0 heterocycles.